The van der Waals surface area contributed by atoms with Crippen LogP contribution in [0.4, 0.5) is 0 Å². The van der Waals surface area contributed by atoms with E-state index < -0.39 is 0 Å². The molecule has 3 aliphatic rings. The van der Waals surface area contributed by atoms with Crippen LogP contribution in [0.5, 0.6) is 0 Å². The third-order valence-electron chi connectivity index (χ3n) is 5.13. The fourth-order valence-electron chi connectivity index (χ4n) is 4.19. The molecule has 4 rings (SSSR count). The minimum Gasteiger partial charge on any atom is -0.381 e. The molecule has 2 nitrogen and oxygen atoms in total. The molecule has 0 aromatic heterocycles. The molecular weight excluding hydrogens is 246 g/mol. The third kappa shape index (κ3) is 1.67. The summed E-state index contributed by atoms with van der Waals surface area (Å²) in [7, 11) is 0. The molecule has 5 atom stereocenters. The first-order valence-corrected chi connectivity index (χ1v) is 7.49. The van der Waals surface area contributed by atoms with E-state index in [2.05, 4.69) is 48.7 Å². The van der Waals surface area contributed by atoms with Crippen LogP contribution >= 0.6 is 0 Å². The van der Waals surface area contributed by atoms with Gasteiger partial charge in [-0.25, -0.2) is 0 Å². The van der Waals surface area contributed by atoms with E-state index in [1.54, 1.807) is 0 Å². The van der Waals surface area contributed by atoms with Crippen LogP contribution in [0, 0.1) is 23.7 Å². The molecule has 3 aliphatic carbocycles. The first-order chi connectivity index (χ1) is 9.74. The molecular formula is C18H19NO. The highest BCUT2D eigenvalue weighted by molar-refractivity contribution is 5.96. The van der Waals surface area contributed by atoms with Gasteiger partial charge < -0.3 is 5.32 Å². The van der Waals surface area contributed by atoms with Gasteiger partial charge in [-0.3, -0.25) is 4.79 Å². The van der Waals surface area contributed by atoms with Crippen molar-refractivity contribution in [3.8, 4) is 0 Å². The lowest BCUT2D eigenvalue weighted by Crippen LogP contribution is -2.27. The van der Waals surface area contributed by atoms with Crippen LogP contribution in [-0.2, 0) is 4.79 Å². The van der Waals surface area contributed by atoms with E-state index >= 15 is 0 Å². The Morgan fingerprint density at radius 3 is 2.55 bits per heavy atom. The molecule has 2 bridgehead atoms. The number of hydrogen-bond acceptors (Lipinski definition) is 2. The Bertz CT molecular complexity index is 601. The molecule has 20 heavy (non-hydrogen) atoms. The van der Waals surface area contributed by atoms with Crippen molar-refractivity contribution in [1.82, 2.24) is 5.32 Å². The number of hydrogen-bond donors (Lipinski definition) is 1. The molecule has 102 valence electrons. The van der Waals surface area contributed by atoms with Crippen LogP contribution in [0.2, 0.25) is 0 Å². The number of allylic oxidation sites excluding steroid dienone is 4. The van der Waals surface area contributed by atoms with E-state index in [1.165, 1.54) is 12.0 Å². The molecule has 0 unspecified atom stereocenters. The van der Waals surface area contributed by atoms with Gasteiger partial charge in [-0.15, -0.1) is 0 Å². The second kappa shape index (κ2) is 4.34. The summed E-state index contributed by atoms with van der Waals surface area (Å²) in [5.41, 5.74) is 2.43. The molecule has 0 saturated heterocycles. The van der Waals surface area contributed by atoms with Crippen molar-refractivity contribution in [2.75, 3.05) is 0 Å². The van der Waals surface area contributed by atoms with Gasteiger partial charge in [-0.05, 0) is 30.7 Å². The summed E-state index contributed by atoms with van der Waals surface area (Å²) in [5, 5.41) is 3.59. The van der Waals surface area contributed by atoms with Crippen molar-refractivity contribution in [2.45, 2.75) is 19.4 Å². The summed E-state index contributed by atoms with van der Waals surface area (Å²) in [5.74, 6) is 2.01. The lowest BCUT2D eigenvalue weighted by atomic mass is 9.83. The normalized spacial score (nSPS) is 35.0. The molecule has 0 spiro atoms. The maximum absolute atomic E-state index is 12.2. The minimum atomic E-state index is 0.218. The largest absolute Gasteiger partial charge is 0.381 e. The van der Waals surface area contributed by atoms with Gasteiger partial charge in [-0.2, -0.15) is 0 Å². The van der Waals surface area contributed by atoms with Crippen LogP contribution < -0.4 is 5.32 Å². The predicted molar refractivity (Wildman–Crippen MR) is 78.8 cm³/mol. The van der Waals surface area contributed by atoms with Crippen LogP contribution in [-0.4, -0.2) is 5.78 Å². The van der Waals surface area contributed by atoms with Gasteiger partial charge in [0.25, 0.3) is 0 Å². The number of rotatable bonds is 3. The molecule has 0 radical (unpaired) electrons. The van der Waals surface area contributed by atoms with Crippen LogP contribution in [0.25, 0.3) is 0 Å². The maximum Gasteiger partial charge on any atom is 0.161 e. The van der Waals surface area contributed by atoms with Crippen molar-refractivity contribution in [1.29, 1.82) is 0 Å². The summed E-state index contributed by atoms with van der Waals surface area (Å²) < 4.78 is 0. The van der Waals surface area contributed by atoms with Gasteiger partial charge >= 0.3 is 0 Å². The van der Waals surface area contributed by atoms with E-state index in [4.69, 9.17) is 0 Å². The van der Waals surface area contributed by atoms with Crippen LogP contribution in [0.15, 0.2) is 54.3 Å². The van der Waals surface area contributed by atoms with Gasteiger partial charge in [0.1, 0.15) is 0 Å². The van der Waals surface area contributed by atoms with Gasteiger partial charge in [0, 0.05) is 29.7 Å². The molecule has 0 aliphatic heterocycles. The van der Waals surface area contributed by atoms with Crippen molar-refractivity contribution < 1.29 is 4.79 Å². The number of ketones is 1. The molecule has 1 aromatic rings. The summed E-state index contributed by atoms with van der Waals surface area (Å²) in [4.78, 5) is 12.2. The van der Waals surface area contributed by atoms with Crippen molar-refractivity contribution in [3.05, 3.63) is 59.8 Å². The minimum absolute atomic E-state index is 0.218. The molecule has 1 fully saturated rings. The zero-order valence-corrected chi connectivity index (χ0v) is 11.6. The number of nitrogens with one attached hydrogen (secondary N) is 1. The lowest BCUT2D eigenvalue weighted by Gasteiger charge is -2.26. The molecule has 2 heteroatoms. The monoisotopic (exact) mass is 265 g/mol. The summed E-state index contributed by atoms with van der Waals surface area (Å²) in [6.07, 6.45) is 7.59. The van der Waals surface area contributed by atoms with Crippen molar-refractivity contribution in [2.24, 2.45) is 23.7 Å². The zero-order valence-electron chi connectivity index (χ0n) is 11.6. The topological polar surface area (TPSA) is 29.1 Å². The number of benzene rings is 1. The van der Waals surface area contributed by atoms with Crippen LogP contribution in [0.1, 0.15) is 24.9 Å². The summed E-state index contributed by atoms with van der Waals surface area (Å²) in [6.45, 7) is 2.16. The Labute approximate surface area is 119 Å². The van der Waals surface area contributed by atoms with Gasteiger partial charge in [-0.1, -0.05) is 42.5 Å². The van der Waals surface area contributed by atoms with Gasteiger partial charge in [0.15, 0.2) is 5.78 Å². The van der Waals surface area contributed by atoms with Gasteiger partial charge in [0.2, 0.25) is 0 Å². The van der Waals surface area contributed by atoms with E-state index in [-0.39, 0.29) is 12.0 Å². The molecule has 1 N–H and O–H groups in total. The van der Waals surface area contributed by atoms with Crippen molar-refractivity contribution in [3.63, 3.8) is 0 Å². The van der Waals surface area contributed by atoms with Gasteiger partial charge in [0.05, 0.1) is 0 Å². The highest BCUT2D eigenvalue weighted by atomic mass is 16.1. The summed E-state index contributed by atoms with van der Waals surface area (Å²) >= 11 is 0. The number of carbonyl (C=O) groups excluding carboxylic acids is 1. The molecule has 1 saturated carbocycles. The second-order valence-corrected chi connectivity index (χ2v) is 6.28. The Hall–Kier alpha value is -1.83. The predicted octanol–water partition coefficient (Wildman–Crippen LogP) is 3.24. The van der Waals surface area contributed by atoms with E-state index in [1.807, 2.05) is 12.1 Å². The van der Waals surface area contributed by atoms with E-state index in [9.17, 15) is 4.79 Å². The smallest absolute Gasteiger partial charge is 0.161 e. The first-order valence-electron chi connectivity index (χ1n) is 7.49. The van der Waals surface area contributed by atoms with Crippen LogP contribution in [0.3, 0.4) is 0 Å². The van der Waals surface area contributed by atoms with Crippen molar-refractivity contribution >= 4 is 5.78 Å². The quantitative estimate of drug-likeness (QED) is 0.850. The van der Waals surface area contributed by atoms with E-state index in [0.717, 1.165) is 5.70 Å². The zero-order chi connectivity index (χ0) is 13.7. The highest BCUT2D eigenvalue weighted by Crippen LogP contribution is 2.53. The average molecular weight is 265 g/mol. The van der Waals surface area contributed by atoms with E-state index in [0.29, 0.717) is 23.5 Å². The molecule has 0 heterocycles. The fourth-order valence-corrected chi connectivity index (χ4v) is 4.19. The summed E-state index contributed by atoms with van der Waals surface area (Å²) in [6, 6.07) is 10.7. The first kappa shape index (κ1) is 12.0. The standard InChI is InChI=1S/C18H19NO/c1-11(12-5-3-2-4-6-12)19-15-10-16(20)18-14-8-7-13(9-14)17(15)18/h2-8,10-11,13-14,17-19H,9H2,1H3/t11-,13-,14+,17+,18-/m1/s1. The maximum atomic E-state index is 12.2. The fraction of sp³-hybridized carbons (Fsp3) is 0.389. The lowest BCUT2D eigenvalue weighted by molar-refractivity contribution is -0.118. The Balaban J connectivity index is 1.56. The average Bonchev–Trinajstić information content (AvgIpc) is 3.14. The third-order valence-corrected chi connectivity index (χ3v) is 5.13. The Morgan fingerprint density at radius 1 is 1.10 bits per heavy atom. The molecule has 0 amide bonds. The highest BCUT2D eigenvalue weighted by Gasteiger charge is 2.52. The SMILES string of the molecule is C[C@@H](NC1=CC(=O)[C@@H]2[C@H]1[C@@H]1C=C[C@H]2C1)c1ccccc1. The molecule has 1 aromatic carbocycles. The second-order valence-electron chi connectivity index (χ2n) is 6.28. The number of carbonyl (C=O) groups is 1. The number of fused-ring (bicyclic) bond motifs is 5. The Kier molecular flexibility index (Phi) is 2.59. The Morgan fingerprint density at radius 2 is 1.80 bits per heavy atom.